The van der Waals surface area contributed by atoms with E-state index in [9.17, 15) is 9.59 Å². The van der Waals surface area contributed by atoms with Crippen LogP contribution in [0.3, 0.4) is 0 Å². The minimum atomic E-state index is -0.489. The van der Waals surface area contributed by atoms with Crippen LogP contribution in [0.25, 0.3) is 21.9 Å². The summed E-state index contributed by atoms with van der Waals surface area (Å²) in [5, 5.41) is 9.37. The highest BCUT2D eigenvalue weighted by Gasteiger charge is 2.12. The number of carbonyl (C=O) groups is 2. The standard InChI is InChI=1S/C21H16N4O4/c1-13(23-25-21(27)19-11-15-7-3-5-9-17(15)29-19)12-22-24-20(26)18-10-14-6-2-4-8-16(14)28-18/h2-12H,1H3,(H,24,26)(H,25,27). The molecule has 2 N–H and O–H groups in total. The largest absolute Gasteiger partial charge is 0.451 e. The fourth-order valence-electron chi connectivity index (χ4n) is 2.65. The van der Waals surface area contributed by atoms with Crippen LogP contribution in [-0.4, -0.2) is 23.7 Å². The van der Waals surface area contributed by atoms with E-state index in [0.717, 1.165) is 10.8 Å². The third-order valence-corrected chi connectivity index (χ3v) is 4.05. The van der Waals surface area contributed by atoms with Crippen LogP contribution in [0.15, 0.2) is 79.7 Å². The summed E-state index contributed by atoms with van der Waals surface area (Å²) in [6, 6.07) is 17.9. The van der Waals surface area contributed by atoms with Crippen LogP contribution in [-0.2, 0) is 0 Å². The number of carbonyl (C=O) groups excluding carboxylic acids is 2. The number of hydrazone groups is 2. The fourth-order valence-corrected chi connectivity index (χ4v) is 2.65. The van der Waals surface area contributed by atoms with Crippen LogP contribution in [0, 0.1) is 0 Å². The number of nitrogens with zero attached hydrogens (tertiary/aromatic N) is 2. The first-order chi connectivity index (χ1) is 14.1. The summed E-state index contributed by atoms with van der Waals surface area (Å²) < 4.78 is 10.9. The van der Waals surface area contributed by atoms with Gasteiger partial charge >= 0.3 is 11.8 Å². The highest BCUT2D eigenvalue weighted by Crippen LogP contribution is 2.19. The number of benzene rings is 2. The van der Waals surface area contributed by atoms with Crippen LogP contribution in [0.4, 0.5) is 0 Å². The molecule has 0 saturated carbocycles. The van der Waals surface area contributed by atoms with Crippen molar-refractivity contribution in [3.63, 3.8) is 0 Å². The van der Waals surface area contributed by atoms with E-state index in [-0.39, 0.29) is 11.5 Å². The smallest absolute Gasteiger partial charge is 0.307 e. The van der Waals surface area contributed by atoms with Gasteiger partial charge < -0.3 is 8.83 Å². The molecule has 0 fully saturated rings. The van der Waals surface area contributed by atoms with Crippen LogP contribution in [0.2, 0.25) is 0 Å². The molecule has 2 amide bonds. The van der Waals surface area contributed by atoms with Gasteiger partial charge in [-0.25, -0.2) is 10.9 Å². The lowest BCUT2D eigenvalue weighted by Gasteiger charge is -1.97. The van der Waals surface area contributed by atoms with Crippen molar-refractivity contribution in [2.45, 2.75) is 6.92 Å². The number of furan rings is 2. The van der Waals surface area contributed by atoms with Crippen molar-refractivity contribution in [2.75, 3.05) is 0 Å². The Labute approximate surface area is 164 Å². The van der Waals surface area contributed by atoms with Crippen molar-refractivity contribution in [1.82, 2.24) is 10.9 Å². The van der Waals surface area contributed by atoms with Gasteiger partial charge in [0.05, 0.1) is 11.9 Å². The Morgan fingerprint density at radius 3 is 1.90 bits per heavy atom. The second kappa shape index (κ2) is 7.81. The minimum Gasteiger partial charge on any atom is -0.451 e. The number of fused-ring (bicyclic) bond motifs is 2. The molecule has 0 aliphatic carbocycles. The Kier molecular flexibility index (Phi) is 4.90. The molecule has 2 aromatic heterocycles. The normalized spacial score (nSPS) is 12.0. The molecule has 8 nitrogen and oxygen atoms in total. The van der Waals surface area contributed by atoms with Crippen molar-refractivity contribution in [2.24, 2.45) is 10.2 Å². The SMILES string of the molecule is CC(C=NNC(=O)c1cc2ccccc2o1)=NNC(=O)c1cc2ccccc2o1. The molecule has 8 heteroatoms. The van der Waals surface area contributed by atoms with Crippen LogP contribution in [0.1, 0.15) is 28.0 Å². The predicted octanol–water partition coefficient (Wildman–Crippen LogP) is 3.70. The van der Waals surface area contributed by atoms with Crippen molar-refractivity contribution < 1.29 is 18.4 Å². The van der Waals surface area contributed by atoms with E-state index >= 15 is 0 Å². The molecule has 0 aliphatic rings. The zero-order valence-corrected chi connectivity index (χ0v) is 15.4. The quantitative estimate of drug-likeness (QED) is 0.401. The molecular formula is C21H16N4O4. The van der Waals surface area contributed by atoms with Crippen LogP contribution >= 0.6 is 0 Å². The first-order valence-electron chi connectivity index (χ1n) is 8.75. The number of amides is 2. The molecule has 0 unspecified atom stereocenters. The van der Waals surface area contributed by atoms with Gasteiger partial charge in [-0.3, -0.25) is 9.59 Å². The third kappa shape index (κ3) is 4.06. The first-order valence-corrected chi connectivity index (χ1v) is 8.75. The van der Waals surface area contributed by atoms with E-state index in [2.05, 4.69) is 21.1 Å². The number of nitrogens with one attached hydrogen (secondary N) is 2. The topological polar surface area (TPSA) is 109 Å². The van der Waals surface area contributed by atoms with E-state index in [4.69, 9.17) is 8.83 Å². The van der Waals surface area contributed by atoms with Gasteiger partial charge in [-0.05, 0) is 31.2 Å². The summed E-state index contributed by atoms with van der Waals surface area (Å²) in [5.41, 5.74) is 6.34. The summed E-state index contributed by atoms with van der Waals surface area (Å²) in [7, 11) is 0. The van der Waals surface area contributed by atoms with E-state index < -0.39 is 11.8 Å². The Balaban J connectivity index is 1.34. The van der Waals surface area contributed by atoms with Crippen molar-refractivity contribution in [3.05, 3.63) is 72.2 Å². The van der Waals surface area contributed by atoms with Gasteiger partial charge in [0, 0.05) is 10.8 Å². The second-order valence-electron chi connectivity index (χ2n) is 6.19. The first kappa shape index (κ1) is 18.2. The molecule has 4 aromatic rings. The molecule has 144 valence electrons. The Bertz CT molecular complexity index is 1200. The molecular weight excluding hydrogens is 372 g/mol. The predicted molar refractivity (Wildman–Crippen MR) is 109 cm³/mol. The Morgan fingerprint density at radius 1 is 0.828 bits per heavy atom. The average Bonchev–Trinajstić information content (AvgIpc) is 3.36. The van der Waals surface area contributed by atoms with Crippen LogP contribution < -0.4 is 10.9 Å². The molecule has 0 saturated heterocycles. The van der Waals surface area contributed by atoms with Crippen molar-refractivity contribution in [1.29, 1.82) is 0 Å². The number of hydrogen-bond acceptors (Lipinski definition) is 6. The van der Waals surface area contributed by atoms with Gasteiger partial charge in [0.1, 0.15) is 11.2 Å². The molecule has 4 rings (SSSR count). The Hall–Kier alpha value is -4.20. The van der Waals surface area contributed by atoms with Gasteiger partial charge in [0.25, 0.3) is 0 Å². The summed E-state index contributed by atoms with van der Waals surface area (Å²) in [6.07, 6.45) is 1.31. The molecule has 0 radical (unpaired) electrons. The average molecular weight is 388 g/mol. The van der Waals surface area contributed by atoms with Gasteiger partial charge in [-0.2, -0.15) is 10.2 Å². The van der Waals surface area contributed by atoms with Crippen LogP contribution in [0.5, 0.6) is 0 Å². The van der Waals surface area contributed by atoms with E-state index in [1.54, 1.807) is 31.2 Å². The van der Waals surface area contributed by atoms with E-state index in [0.29, 0.717) is 16.9 Å². The number of hydrogen-bond donors (Lipinski definition) is 2. The minimum absolute atomic E-state index is 0.149. The van der Waals surface area contributed by atoms with Gasteiger partial charge in [-0.15, -0.1) is 0 Å². The zero-order valence-electron chi connectivity index (χ0n) is 15.4. The highest BCUT2D eigenvalue weighted by atomic mass is 16.4. The molecule has 0 aliphatic heterocycles. The Morgan fingerprint density at radius 2 is 1.34 bits per heavy atom. The maximum Gasteiger partial charge on any atom is 0.307 e. The zero-order chi connectivity index (χ0) is 20.2. The molecule has 29 heavy (non-hydrogen) atoms. The lowest BCUT2D eigenvalue weighted by atomic mass is 10.2. The monoisotopic (exact) mass is 388 g/mol. The second-order valence-corrected chi connectivity index (χ2v) is 6.19. The lowest BCUT2D eigenvalue weighted by molar-refractivity contribution is 0.0922. The van der Waals surface area contributed by atoms with Gasteiger partial charge in [-0.1, -0.05) is 36.4 Å². The summed E-state index contributed by atoms with van der Waals surface area (Å²) >= 11 is 0. The maximum absolute atomic E-state index is 12.1. The fraction of sp³-hybridized carbons (Fsp3) is 0.0476. The maximum atomic E-state index is 12.1. The number of para-hydroxylation sites is 2. The van der Waals surface area contributed by atoms with Crippen molar-refractivity contribution >= 4 is 45.7 Å². The summed E-state index contributed by atoms with van der Waals surface area (Å²) in [6.45, 7) is 1.62. The van der Waals surface area contributed by atoms with Gasteiger partial charge in [0.2, 0.25) is 0 Å². The summed E-state index contributed by atoms with van der Waals surface area (Å²) in [5.74, 6) is -0.675. The molecule has 0 bridgehead atoms. The van der Waals surface area contributed by atoms with E-state index in [1.807, 2.05) is 36.4 Å². The molecule has 2 heterocycles. The number of rotatable bonds is 5. The molecule has 0 spiro atoms. The molecule has 0 atom stereocenters. The molecule has 2 aromatic carbocycles. The highest BCUT2D eigenvalue weighted by molar-refractivity contribution is 6.29. The van der Waals surface area contributed by atoms with Crippen molar-refractivity contribution in [3.8, 4) is 0 Å². The lowest BCUT2D eigenvalue weighted by Crippen LogP contribution is -2.20. The van der Waals surface area contributed by atoms with E-state index in [1.165, 1.54) is 6.21 Å². The summed E-state index contributed by atoms with van der Waals surface area (Å²) in [4.78, 5) is 24.2. The third-order valence-electron chi connectivity index (χ3n) is 4.05. The van der Waals surface area contributed by atoms with Gasteiger partial charge in [0.15, 0.2) is 11.5 Å².